The van der Waals surface area contributed by atoms with Crippen LogP contribution in [-0.4, -0.2) is 48.9 Å². The summed E-state index contributed by atoms with van der Waals surface area (Å²) in [4.78, 5) is 14.2. The van der Waals surface area contributed by atoms with Crippen molar-refractivity contribution in [2.45, 2.75) is 67.0 Å². The van der Waals surface area contributed by atoms with Crippen molar-refractivity contribution in [1.82, 2.24) is 15.3 Å². The molecule has 180 valence electrons. The highest BCUT2D eigenvalue weighted by Gasteiger charge is 2.20. The molecule has 1 aromatic heterocycles. The van der Waals surface area contributed by atoms with E-state index in [4.69, 9.17) is 15.7 Å². The van der Waals surface area contributed by atoms with Crippen LogP contribution < -0.4 is 26.2 Å². The van der Waals surface area contributed by atoms with Gasteiger partial charge < -0.3 is 20.9 Å². The monoisotopic (exact) mass is 443 g/mol. The number of nitrogens with zero attached hydrogens (tertiary/aromatic N) is 4. The summed E-state index contributed by atoms with van der Waals surface area (Å²) in [7, 11) is 0. The molecular formula is C25H45N7. The van der Waals surface area contributed by atoms with E-state index in [-0.39, 0.29) is 6.17 Å². The molecule has 0 fully saturated rings. The van der Waals surface area contributed by atoms with Crippen molar-refractivity contribution in [1.29, 1.82) is 0 Å². The zero-order chi connectivity index (χ0) is 23.9. The summed E-state index contributed by atoms with van der Waals surface area (Å²) in [5, 5.41) is 6.90. The summed E-state index contributed by atoms with van der Waals surface area (Å²) < 4.78 is 0. The normalized spacial score (nSPS) is 12.8. The second-order valence-corrected chi connectivity index (χ2v) is 7.99. The highest BCUT2D eigenvalue weighted by Crippen LogP contribution is 2.30. The van der Waals surface area contributed by atoms with Gasteiger partial charge in [0.25, 0.3) is 0 Å². The van der Waals surface area contributed by atoms with Gasteiger partial charge in [0, 0.05) is 32.7 Å². The van der Waals surface area contributed by atoms with Crippen LogP contribution in [0.5, 0.6) is 0 Å². The Balaban J connectivity index is 3.13. The number of nitrogen functional groups attached to an aromatic ring is 1. The molecular weight excluding hydrogens is 398 g/mol. The molecule has 0 aromatic carbocycles. The van der Waals surface area contributed by atoms with E-state index in [1.807, 2.05) is 25.2 Å². The molecule has 1 rings (SSSR count). The summed E-state index contributed by atoms with van der Waals surface area (Å²) in [5.74, 6) is 2.24. The molecule has 4 N–H and O–H groups in total. The molecule has 1 aromatic rings. The maximum atomic E-state index is 6.60. The number of aromatic nitrogens is 2. The third-order valence-corrected chi connectivity index (χ3v) is 5.07. The molecule has 0 saturated carbocycles. The number of hydrogen-bond acceptors (Lipinski definition) is 7. The fraction of sp³-hybridized carbons (Fsp3) is 0.600. The maximum Gasteiger partial charge on any atom is 0.229 e. The standard InChI is InChI=1S/C25H45N7/c1-8-17-31(12-5)25-29-23(22(26)24(30-25)32(18-9-2)19-10-3)28-21(7)27-16-14-13-15-20(6)11-4/h11,13-15,21,27H,4,8-10,12,16-19,26H2,1-3,5-7H3,(H,28,29,30)/b14-13-,20-15-. The average Bonchev–Trinajstić information content (AvgIpc) is 2.78. The van der Waals surface area contributed by atoms with Crippen molar-refractivity contribution in [3.63, 3.8) is 0 Å². The number of rotatable bonds is 16. The van der Waals surface area contributed by atoms with Gasteiger partial charge in [0.1, 0.15) is 5.69 Å². The summed E-state index contributed by atoms with van der Waals surface area (Å²) in [5.41, 5.74) is 8.34. The Kier molecular flexibility index (Phi) is 13.1. The number of anilines is 4. The van der Waals surface area contributed by atoms with Crippen LogP contribution >= 0.6 is 0 Å². The van der Waals surface area contributed by atoms with Crippen LogP contribution in [0.2, 0.25) is 0 Å². The van der Waals surface area contributed by atoms with Crippen LogP contribution in [0, 0.1) is 0 Å². The van der Waals surface area contributed by atoms with Crippen LogP contribution in [0.4, 0.5) is 23.3 Å². The lowest BCUT2D eigenvalue weighted by Crippen LogP contribution is -2.35. The quantitative estimate of drug-likeness (QED) is 0.246. The first-order valence-corrected chi connectivity index (χ1v) is 12.0. The van der Waals surface area contributed by atoms with E-state index in [2.05, 4.69) is 67.7 Å². The third kappa shape index (κ3) is 8.91. The fourth-order valence-electron chi connectivity index (χ4n) is 3.33. The SMILES string of the molecule is C=C/C(C)=C\C=C/CNC(C)Nc1nc(N(CC)CCC)nc(N(CCC)CCC)c1N. The first kappa shape index (κ1) is 27.5. The molecule has 7 nitrogen and oxygen atoms in total. The van der Waals surface area contributed by atoms with E-state index in [1.54, 1.807) is 0 Å². The molecule has 32 heavy (non-hydrogen) atoms. The van der Waals surface area contributed by atoms with Crippen molar-refractivity contribution in [2.24, 2.45) is 0 Å². The fourth-order valence-corrected chi connectivity index (χ4v) is 3.33. The van der Waals surface area contributed by atoms with Crippen molar-refractivity contribution < 1.29 is 0 Å². The highest BCUT2D eigenvalue weighted by molar-refractivity contribution is 5.77. The van der Waals surface area contributed by atoms with Crippen LogP contribution in [0.1, 0.15) is 60.8 Å². The Morgan fingerprint density at radius 1 is 1.06 bits per heavy atom. The average molecular weight is 444 g/mol. The van der Waals surface area contributed by atoms with Crippen LogP contribution in [0.3, 0.4) is 0 Å². The molecule has 7 heteroatoms. The van der Waals surface area contributed by atoms with Gasteiger partial charge >= 0.3 is 0 Å². The Labute approximate surface area is 195 Å². The van der Waals surface area contributed by atoms with E-state index in [0.717, 1.165) is 69.3 Å². The Morgan fingerprint density at radius 3 is 2.25 bits per heavy atom. The van der Waals surface area contributed by atoms with Gasteiger partial charge in [0.2, 0.25) is 5.95 Å². The minimum absolute atomic E-state index is 0.00548. The van der Waals surface area contributed by atoms with Crippen molar-refractivity contribution in [2.75, 3.05) is 53.6 Å². The molecule has 0 bridgehead atoms. The van der Waals surface area contributed by atoms with Crippen LogP contribution in [0.15, 0.2) is 36.5 Å². The smallest absolute Gasteiger partial charge is 0.229 e. The van der Waals surface area contributed by atoms with Gasteiger partial charge in [0.05, 0.1) is 6.17 Å². The molecule has 0 aliphatic heterocycles. The summed E-state index contributed by atoms with van der Waals surface area (Å²) in [6.07, 6.45) is 11.1. The van der Waals surface area contributed by atoms with Crippen molar-refractivity contribution >= 4 is 23.3 Å². The van der Waals surface area contributed by atoms with Gasteiger partial charge in [-0.15, -0.1) is 0 Å². The predicted molar refractivity (Wildman–Crippen MR) is 142 cm³/mol. The molecule has 1 atom stereocenters. The summed E-state index contributed by atoms with van der Waals surface area (Å²) in [6, 6.07) is 0. The van der Waals surface area contributed by atoms with Crippen molar-refractivity contribution in [3.05, 3.63) is 36.5 Å². The highest BCUT2D eigenvalue weighted by atomic mass is 15.3. The summed E-state index contributed by atoms with van der Waals surface area (Å²) in [6.45, 7) is 20.9. The summed E-state index contributed by atoms with van der Waals surface area (Å²) >= 11 is 0. The lowest BCUT2D eigenvalue weighted by molar-refractivity contribution is 0.642. The molecule has 0 saturated heterocycles. The van der Waals surface area contributed by atoms with Crippen LogP contribution in [0.25, 0.3) is 0 Å². The maximum absolute atomic E-state index is 6.60. The van der Waals surface area contributed by atoms with Gasteiger partial charge in [-0.2, -0.15) is 9.97 Å². The van der Waals surface area contributed by atoms with E-state index < -0.39 is 0 Å². The van der Waals surface area contributed by atoms with Gasteiger partial charge in [0.15, 0.2) is 11.6 Å². The minimum Gasteiger partial charge on any atom is -0.393 e. The van der Waals surface area contributed by atoms with Gasteiger partial charge in [-0.1, -0.05) is 57.2 Å². The minimum atomic E-state index is -0.00548. The Bertz CT molecular complexity index is 736. The number of nitrogens with two attached hydrogens (primary N) is 1. The first-order chi connectivity index (χ1) is 15.4. The lowest BCUT2D eigenvalue weighted by atomic mass is 10.3. The van der Waals surface area contributed by atoms with E-state index >= 15 is 0 Å². The largest absolute Gasteiger partial charge is 0.393 e. The van der Waals surface area contributed by atoms with E-state index in [9.17, 15) is 0 Å². The predicted octanol–water partition coefficient (Wildman–Crippen LogP) is 4.96. The van der Waals surface area contributed by atoms with E-state index in [1.165, 1.54) is 0 Å². The van der Waals surface area contributed by atoms with Crippen molar-refractivity contribution in [3.8, 4) is 0 Å². The zero-order valence-electron chi connectivity index (χ0n) is 21.1. The second kappa shape index (κ2) is 15.3. The van der Waals surface area contributed by atoms with Gasteiger partial charge in [-0.25, -0.2) is 0 Å². The number of allylic oxidation sites excluding steroid dienone is 4. The zero-order valence-corrected chi connectivity index (χ0v) is 21.1. The van der Waals surface area contributed by atoms with Crippen LogP contribution in [-0.2, 0) is 0 Å². The molecule has 0 aliphatic carbocycles. The van der Waals surface area contributed by atoms with Gasteiger partial charge in [-0.05, 0) is 40.0 Å². The second-order valence-electron chi connectivity index (χ2n) is 7.99. The molecule has 0 spiro atoms. The third-order valence-electron chi connectivity index (χ3n) is 5.07. The number of hydrogen-bond donors (Lipinski definition) is 3. The lowest BCUT2D eigenvalue weighted by Gasteiger charge is -2.28. The Hall–Kier alpha value is -2.54. The molecule has 1 heterocycles. The molecule has 0 amide bonds. The van der Waals surface area contributed by atoms with Gasteiger partial charge in [-0.3, -0.25) is 5.32 Å². The topological polar surface area (TPSA) is 82.3 Å². The Morgan fingerprint density at radius 2 is 1.69 bits per heavy atom. The molecule has 1 unspecified atom stereocenters. The molecule has 0 aliphatic rings. The molecule has 0 radical (unpaired) electrons. The first-order valence-electron chi connectivity index (χ1n) is 12.0. The van der Waals surface area contributed by atoms with E-state index in [0.29, 0.717) is 11.5 Å². The number of nitrogens with one attached hydrogen (secondary N) is 2.